The maximum Gasteiger partial charge on any atom is 0.236 e. The second kappa shape index (κ2) is 6.91. The predicted molar refractivity (Wildman–Crippen MR) is 81.0 cm³/mol. The van der Waals surface area contributed by atoms with Gasteiger partial charge in [-0.3, -0.25) is 4.79 Å². The summed E-state index contributed by atoms with van der Waals surface area (Å²) in [5, 5.41) is 9.56. The summed E-state index contributed by atoms with van der Waals surface area (Å²) in [6.07, 6.45) is -0.514. The monoisotopic (exact) mass is 328 g/mol. The van der Waals surface area contributed by atoms with Crippen molar-refractivity contribution >= 4 is 27.5 Å². The molecule has 0 saturated carbocycles. The lowest BCUT2D eigenvalue weighted by atomic mass is 10.1. The lowest BCUT2D eigenvalue weighted by molar-refractivity contribution is -0.116. The van der Waals surface area contributed by atoms with E-state index in [1.54, 1.807) is 6.92 Å². The van der Waals surface area contributed by atoms with E-state index in [1.807, 2.05) is 23.1 Å². The number of nitrogens with two attached hydrogens (primary N) is 1. The highest BCUT2D eigenvalue weighted by Crippen LogP contribution is 2.29. The SMILES string of the molecule is CC(C)CN(CC(N)=O)c1ccc(C(C)O)cc1Br. The van der Waals surface area contributed by atoms with Crippen LogP contribution in [0.1, 0.15) is 32.4 Å². The number of benzene rings is 1. The average molecular weight is 329 g/mol. The summed E-state index contributed by atoms with van der Waals surface area (Å²) < 4.78 is 0.854. The van der Waals surface area contributed by atoms with Gasteiger partial charge in [0.1, 0.15) is 0 Å². The molecule has 1 atom stereocenters. The molecular weight excluding hydrogens is 308 g/mol. The third-order valence-electron chi connectivity index (χ3n) is 2.73. The Labute approximate surface area is 122 Å². The van der Waals surface area contributed by atoms with E-state index in [2.05, 4.69) is 29.8 Å². The number of hydrogen-bond acceptors (Lipinski definition) is 3. The van der Waals surface area contributed by atoms with Crippen molar-refractivity contribution in [2.75, 3.05) is 18.0 Å². The molecule has 0 fully saturated rings. The van der Waals surface area contributed by atoms with Gasteiger partial charge in [-0.2, -0.15) is 0 Å². The van der Waals surface area contributed by atoms with Gasteiger partial charge < -0.3 is 15.7 Å². The molecule has 0 heterocycles. The third kappa shape index (κ3) is 4.84. The standard InChI is InChI=1S/C14H21BrN2O2/c1-9(2)7-17(8-14(16)19)13-5-4-11(10(3)18)6-12(13)15/h4-6,9-10,18H,7-8H2,1-3H3,(H2,16,19). The van der Waals surface area contributed by atoms with Gasteiger partial charge in [0.15, 0.2) is 0 Å². The maximum absolute atomic E-state index is 11.2. The van der Waals surface area contributed by atoms with Crippen molar-refractivity contribution < 1.29 is 9.90 Å². The molecule has 0 aliphatic rings. The van der Waals surface area contributed by atoms with Crippen LogP contribution in [0.2, 0.25) is 0 Å². The molecule has 0 saturated heterocycles. The summed E-state index contributed by atoms with van der Waals surface area (Å²) in [5.41, 5.74) is 7.05. The Kier molecular flexibility index (Phi) is 5.82. The van der Waals surface area contributed by atoms with Crippen LogP contribution in [0.15, 0.2) is 22.7 Å². The summed E-state index contributed by atoms with van der Waals surface area (Å²) in [7, 11) is 0. The molecule has 1 amide bonds. The van der Waals surface area contributed by atoms with Gasteiger partial charge in [0.25, 0.3) is 0 Å². The fourth-order valence-corrected chi connectivity index (χ4v) is 2.56. The summed E-state index contributed by atoms with van der Waals surface area (Å²) in [5.74, 6) is 0.0647. The molecular formula is C14H21BrN2O2. The quantitative estimate of drug-likeness (QED) is 0.842. The number of rotatable bonds is 6. The highest BCUT2D eigenvalue weighted by molar-refractivity contribution is 9.10. The first-order chi connectivity index (χ1) is 8.81. The van der Waals surface area contributed by atoms with E-state index in [0.717, 1.165) is 22.3 Å². The highest BCUT2D eigenvalue weighted by Gasteiger charge is 2.15. The Morgan fingerprint density at radius 2 is 2.05 bits per heavy atom. The zero-order chi connectivity index (χ0) is 14.6. The number of carbonyl (C=O) groups is 1. The number of carbonyl (C=O) groups excluding carboxylic acids is 1. The van der Waals surface area contributed by atoms with Crippen LogP contribution < -0.4 is 10.6 Å². The lowest BCUT2D eigenvalue weighted by Crippen LogP contribution is -2.36. The van der Waals surface area contributed by atoms with E-state index in [4.69, 9.17) is 5.73 Å². The molecule has 0 aromatic heterocycles. The number of aliphatic hydroxyl groups is 1. The van der Waals surface area contributed by atoms with Gasteiger partial charge in [0.2, 0.25) is 5.91 Å². The minimum absolute atomic E-state index is 0.185. The molecule has 19 heavy (non-hydrogen) atoms. The van der Waals surface area contributed by atoms with Gasteiger partial charge in [0.05, 0.1) is 18.3 Å². The second-order valence-corrected chi connectivity index (χ2v) is 5.98. The number of primary amides is 1. The third-order valence-corrected chi connectivity index (χ3v) is 3.36. The van der Waals surface area contributed by atoms with Gasteiger partial charge in [-0.15, -0.1) is 0 Å². The molecule has 1 aromatic rings. The lowest BCUT2D eigenvalue weighted by Gasteiger charge is -2.26. The van der Waals surface area contributed by atoms with E-state index >= 15 is 0 Å². The number of nitrogens with zero attached hydrogens (tertiary/aromatic N) is 1. The van der Waals surface area contributed by atoms with Crippen molar-refractivity contribution in [2.24, 2.45) is 11.7 Å². The maximum atomic E-state index is 11.2. The van der Waals surface area contributed by atoms with E-state index in [0.29, 0.717) is 5.92 Å². The van der Waals surface area contributed by atoms with Crippen molar-refractivity contribution in [1.82, 2.24) is 0 Å². The van der Waals surface area contributed by atoms with Crippen LogP contribution in [0.4, 0.5) is 5.69 Å². The Morgan fingerprint density at radius 1 is 1.42 bits per heavy atom. The minimum Gasteiger partial charge on any atom is -0.389 e. The zero-order valence-electron chi connectivity index (χ0n) is 11.6. The van der Waals surface area contributed by atoms with Crippen LogP contribution in [0.3, 0.4) is 0 Å². The number of halogens is 1. The van der Waals surface area contributed by atoms with Crippen molar-refractivity contribution in [3.63, 3.8) is 0 Å². The van der Waals surface area contributed by atoms with Crippen molar-refractivity contribution in [3.8, 4) is 0 Å². The Hall–Kier alpha value is -1.07. The molecule has 1 aromatic carbocycles. The summed E-state index contributed by atoms with van der Waals surface area (Å²) in [4.78, 5) is 13.1. The molecule has 106 valence electrons. The number of hydrogen-bond donors (Lipinski definition) is 2. The van der Waals surface area contributed by atoms with Gasteiger partial charge in [-0.25, -0.2) is 0 Å². The fourth-order valence-electron chi connectivity index (χ4n) is 1.92. The van der Waals surface area contributed by atoms with E-state index in [-0.39, 0.29) is 12.5 Å². The molecule has 3 N–H and O–H groups in total. The molecule has 4 nitrogen and oxygen atoms in total. The normalized spacial score (nSPS) is 12.5. The average Bonchev–Trinajstić information content (AvgIpc) is 2.26. The molecule has 0 bridgehead atoms. The van der Waals surface area contributed by atoms with Crippen molar-refractivity contribution in [2.45, 2.75) is 26.9 Å². The molecule has 0 aliphatic heterocycles. The molecule has 1 rings (SSSR count). The van der Waals surface area contributed by atoms with Crippen LogP contribution in [0, 0.1) is 5.92 Å². The number of aliphatic hydroxyl groups excluding tert-OH is 1. The Morgan fingerprint density at radius 3 is 2.47 bits per heavy atom. The first kappa shape index (κ1) is 16.0. The van der Waals surface area contributed by atoms with Crippen LogP contribution in [0.5, 0.6) is 0 Å². The van der Waals surface area contributed by atoms with Gasteiger partial charge >= 0.3 is 0 Å². The van der Waals surface area contributed by atoms with Crippen LogP contribution in [0.25, 0.3) is 0 Å². The Balaban J connectivity index is 3.04. The first-order valence-corrected chi connectivity index (χ1v) is 7.11. The molecule has 0 spiro atoms. The topological polar surface area (TPSA) is 66.6 Å². The van der Waals surface area contributed by atoms with Crippen molar-refractivity contribution in [1.29, 1.82) is 0 Å². The van der Waals surface area contributed by atoms with E-state index < -0.39 is 6.10 Å². The summed E-state index contributed by atoms with van der Waals surface area (Å²) in [6.45, 7) is 6.83. The summed E-state index contributed by atoms with van der Waals surface area (Å²) >= 11 is 3.49. The number of amides is 1. The molecule has 5 heteroatoms. The van der Waals surface area contributed by atoms with Gasteiger partial charge in [-0.05, 0) is 46.5 Å². The summed E-state index contributed by atoms with van der Waals surface area (Å²) in [6, 6.07) is 5.63. The fraction of sp³-hybridized carbons (Fsp3) is 0.500. The largest absolute Gasteiger partial charge is 0.389 e. The van der Waals surface area contributed by atoms with Gasteiger partial charge in [0, 0.05) is 11.0 Å². The second-order valence-electron chi connectivity index (χ2n) is 5.13. The Bertz CT molecular complexity index is 447. The van der Waals surface area contributed by atoms with E-state index in [9.17, 15) is 9.90 Å². The smallest absolute Gasteiger partial charge is 0.236 e. The zero-order valence-corrected chi connectivity index (χ0v) is 13.1. The van der Waals surface area contributed by atoms with E-state index in [1.165, 1.54) is 0 Å². The van der Waals surface area contributed by atoms with Gasteiger partial charge in [-0.1, -0.05) is 19.9 Å². The number of anilines is 1. The van der Waals surface area contributed by atoms with Crippen molar-refractivity contribution in [3.05, 3.63) is 28.2 Å². The first-order valence-electron chi connectivity index (χ1n) is 6.32. The molecule has 0 aliphatic carbocycles. The molecule has 1 unspecified atom stereocenters. The highest BCUT2D eigenvalue weighted by atomic mass is 79.9. The van der Waals surface area contributed by atoms with Crippen LogP contribution in [-0.4, -0.2) is 24.1 Å². The predicted octanol–water partition coefficient (Wildman–Crippen LogP) is 2.45. The minimum atomic E-state index is -0.514. The van der Waals surface area contributed by atoms with Crippen LogP contribution >= 0.6 is 15.9 Å². The molecule has 0 radical (unpaired) electrons. The van der Waals surface area contributed by atoms with Crippen LogP contribution in [-0.2, 0) is 4.79 Å².